The Bertz CT molecular complexity index is 497. The third-order valence-electron chi connectivity index (χ3n) is 2.18. The highest BCUT2D eigenvalue weighted by Gasteiger charge is 2.06. The molecule has 80 valence electrons. The van der Waals surface area contributed by atoms with Gasteiger partial charge in [0, 0.05) is 0 Å². The highest BCUT2D eigenvalue weighted by atomic mass is 32.2. The first-order valence-electron chi connectivity index (χ1n) is 4.31. The van der Waals surface area contributed by atoms with Gasteiger partial charge in [-0.05, 0) is 37.1 Å². The maximum atomic E-state index is 10.5. The number of nitrogens with one attached hydrogen (secondary N) is 1. The SMILES string of the molecule is Cc1cc2nc(NS(=O)O)sc2cc1C. The van der Waals surface area contributed by atoms with E-state index in [9.17, 15) is 4.21 Å². The molecule has 0 radical (unpaired) electrons. The van der Waals surface area contributed by atoms with E-state index in [4.69, 9.17) is 4.55 Å². The van der Waals surface area contributed by atoms with E-state index in [1.165, 1.54) is 22.5 Å². The summed E-state index contributed by atoms with van der Waals surface area (Å²) in [5.74, 6) is 0. The maximum absolute atomic E-state index is 10.5. The summed E-state index contributed by atoms with van der Waals surface area (Å²) in [6, 6.07) is 4.01. The number of hydrogen-bond donors (Lipinski definition) is 2. The quantitative estimate of drug-likeness (QED) is 0.795. The number of hydrogen-bond acceptors (Lipinski definition) is 3. The molecule has 1 unspecified atom stereocenters. The second-order valence-electron chi connectivity index (χ2n) is 3.27. The summed E-state index contributed by atoms with van der Waals surface area (Å²) < 4.78 is 22.6. The van der Waals surface area contributed by atoms with Crippen LogP contribution in [-0.2, 0) is 11.3 Å². The first-order valence-corrected chi connectivity index (χ1v) is 6.24. The van der Waals surface area contributed by atoms with E-state index < -0.39 is 11.3 Å². The minimum Gasteiger partial charge on any atom is -0.289 e. The lowest BCUT2D eigenvalue weighted by atomic mass is 10.1. The van der Waals surface area contributed by atoms with Crippen molar-refractivity contribution in [1.29, 1.82) is 0 Å². The van der Waals surface area contributed by atoms with Crippen LogP contribution < -0.4 is 4.72 Å². The Labute approximate surface area is 93.8 Å². The van der Waals surface area contributed by atoms with Crippen molar-refractivity contribution in [3.63, 3.8) is 0 Å². The molecule has 4 nitrogen and oxygen atoms in total. The fourth-order valence-electron chi connectivity index (χ4n) is 1.30. The lowest BCUT2D eigenvalue weighted by Crippen LogP contribution is -2.00. The standard InChI is InChI=1S/C9H10N2O2S2/c1-5-3-7-8(4-6(5)2)14-9(10-7)11-15(12)13/h3-4H,1-2H3,(H,10,11)(H,12,13). The molecule has 0 spiro atoms. The van der Waals surface area contributed by atoms with E-state index in [1.54, 1.807) is 0 Å². The van der Waals surface area contributed by atoms with Gasteiger partial charge in [0.25, 0.3) is 11.3 Å². The smallest absolute Gasteiger partial charge is 0.260 e. The lowest BCUT2D eigenvalue weighted by Gasteiger charge is -1.96. The van der Waals surface area contributed by atoms with Crippen LogP contribution in [0.3, 0.4) is 0 Å². The van der Waals surface area contributed by atoms with Crippen molar-refractivity contribution in [3.05, 3.63) is 23.3 Å². The molecule has 1 aromatic heterocycles. The van der Waals surface area contributed by atoms with Gasteiger partial charge < -0.3 is 0 Å². The fraction of sp³-hybridized carbons (Fsp3) is 0.222. The van der Waals surface area contributed by atoms with Crippen molar-refractivity contribution in [2.24, 2.45) is 0 Å². The van der Waals surface area contributed by atoms with Crippen LogP contribution in [0.5, 0.6) is 0 Å². The topological polar surface area (TPSA) is 62.2 Å². The van der Waals surface area contributed by atoms with Crippen LogP contribution in [0.15, 0.2) is 12.1 Å². The van der Waals surface area contributed by atoms with Gasteiger partial charge in [0.15, 0.2) is 5.13 Å². The van der Waals surface area contributed by atoms with Crippen LogP contribution >= 0.6 is 11.3 Å². The number of thiazole rings is 1. The van der Waals surface area contributed by atoms with Gasteiger partial charge in [-0.1, -0.05) is 11.3 Å². The normalized spacial score (nSPS) is 13.0. The average molecular weight is 242 g/mol. The summed E-state index contributed by atoms with van der Waals surface area (Å²) in [6.45, 7) is 4.05. The minimum absolute atomic E-state index is 0.468. The molecule has 2 rings (SSSR count). The molecular formula is C9H10N2O2S2. The van der Waals surface area contributed by atoms with Gasteiger partial charge in [-0.3, -0.25) is 9.27 Å². The van der Waals surface area contributed by atoms with Gasteiger partial charge >= 0.3 is 0 Å². The third-order valence-corrected chi connectivity index (χ3v) is 3.61. The van der Waals surface area contributed by atoms with E-state index in [2.05, 4.69) is 9.71 Å². The molecule has 1 atom stereocenters. The highest BCUT2D eigenvalue weighted by Crippen LogP contribution is 2.28. The minimum atomic E-state index is -2.06. The molecule has 0 aliphatic rings. The molecule has 0 aliphatic heterocycles. The van der Waals surface area contributed by atoms with E-state index >= 15 is 0 Å². The average Bonchev–Trinajstić information content (AvgIpc) is 2.46. The molecule has 0 aliphatic carbocycles. The summed E-state index contributed by atoms with van der Waals surface area (Å²) in [5.41, 5.74) is 3.23. The molecule has 0 saturated heterocycles. The summed E-state index contributed by atoms with van der Waals surface area (Å²) in [5, 5.41) is 0.468. The van der Waals surface area contributed by atoms with Crippen LogP contribution in [0, 0.1) is 13.8 Å². The number of anilines is 1. The molecule has 0 fully saturated rings. The van der Waals surface area contributed by atoms with Gasteiger partial charge in [0.05, 0.1) is 10.2 Å². The molecule has 2 N–H and O–H groups in total. The summed E-state index contributed by atoms with van der Waals surface area (Å²) in [7, 11) is 0. The van der Waals surface area contributed by atoms with Gasteiger partial charge in [0.2, 0.25) is 0 Å². The Morgan fingerprint density at radius 3 is 2.73 bits per heavy atom. The summed E-state index contributed by atoms with van der Waals surface area (Å²) in [4.78, 5) is 4.21. The van der Waals surface area contributed by atoms with Crippen LogP contribution in [0.1, 0.15) is 11.1 Å². The third kappa shape index (κ3) is 2.17. The number of nitrogens with zero attached hydrogens (tertiary/aromatic N) is 1. The molecule has 6 heteroatoms. The Balaban J connectivity index is 2.51. The second-order valence-corrected chi connectivity index (χ2v) is 5.01. The maximum Gasteiger partial charge on any atom is 0.260 e. The first-order chi connectivity index (χ1) is 7.06. The number of benzene rings is 1. The number of rotatable bonds is 2. The molecule has 1 heterocycles. The molecule has 0 saturated carbocycles. The van der Waals surface area contributed by atoms with Crippen molar-refractivity contribution < 1.29 is 8.76 Å². The first kappa shape index (κ1) is 10.5. The summed E-state index contributed by atoms with van der Waals surface area (Å²) >= 11 is -0.683. The van der Waals surface area contributed by atoms with Crippen LogP contribution in [0.4, 0.5) is 5.13 Å². The molecule has 0 bridgehead atoms. The lowest BCUT2D eigenvalue weighted by molar-refractivity contribution is 0.570. The van der Waals surface area contributed by atoms with Gasteiger partial charge in [-0.25, -0.2) is 9.19 Å². The van der Waals surface area contributed by atoms with Crippen molar-refractivity contribution in [2.75, 3.05) is 4.72 Å². The molecule has 0 amide bonds. The second kappa shape index (κ2) is 3.88. The predicted octanol–water partition coefficient (Wildman–Crippen LogP) is 2.46. The Morgan fingerprint density at radius 2 is 2.07 bits per heavy atom. The molecule has 1 aromatic carbocycles. The van der Waals surface area contributed by atoms with Crippen molar-refractivity contribution in [1.82, 2.24) is 4.98 Å². The van der Waals surface area contributed by atoms with Gasteiger partial charge in [-0.15, -0.1) is 0 Å². The van der Waals surface area contributed by atoms with E-state index in [0.29, 0.717) is 5.13 Å². The van der Waals surface area contributed by atoms with Crippen molar-refractivity contribution >= 4 is 38.0 Å². The van der Waals surface area contributed by atoms with E-state index in [0.717, 1.165) is 10.2 Å². The fourth-order valence-corrected chi connectivity index (χ4v) is 2.67. The zero-order valence-corrected chi connectivity index (χ0v) is 9.91. The van der Waals surface area contributed by atoms with Gasteiger partial charge in [-0.2, -0.15) is 0 Å². The zero-order chi connectivity index (χ0) is 11.0. The van der Waals surface area contributed by atoms with E-state index in [-0.39, 0.29) is 0 Å². The monoisotopic (exact) mass is 242 g/mol. The number of aryl methyl sites for hydroxylation is 2. The Kier molecular flexibility index (Phi) is 2.72. The predicted molar refractivity (Wildman–Crippen MR) is 63.5 cm³/mol. The van der Waals surface area contributed by atoms with Gasteiger partial charge in [0.1, 0.15) is 0 Å². The Hall–Kier alpha value is -0.980. The largest absolute Gasteiger partial charge is 0.289 e. The van der Waals surface area contributed by atoms with E-state index in [1.807, 2.05) is 26.0 Å². The molecule has 2 aromatic rings. The number of fused-ring (bicyclic) bond motifs is 1. The van der Waals surface area contributed by atoms with Crippen LogP contribution in [0.25, 0.3) is 10.2 Å². The van der Waals surface area contributed by atoms with Crippen molar-refractivity contribution in [2.45, 2.75) is 13.8 Å². The number of aromatic nitrogens is 1. The van der Waals surface area contributed by atoms with Crippen LogP contribution in [-0.4, -0.2) is 13.7 Å². The Morgan fingerprint density at radius 1 is 1.40 bits per heavy atom. The summed E-state index contributed by atoms with van der Waals surface area (Å²) in [6.07, 6.45) is 0. The molecule has 15 heavy (non-hydrogen) atoms. The molecular weight excluding hydrogens is 232 g/mol. The highest BCUT2D eigenvalue weighted by molar-refractivity contribution is 7.80. The van der Waals surface area contributed by atoms with Crippen LogP contribution in [0.2, 0.25) is 0 Å². The van der Waals surface area contributed by atoms with Crippen molar-refractivity contribution in [3.8, 4) is 0 Å². The zero-order valence-electron chi connectivity index (χ0n) is 8.27.